The molecule has 0 saturated carbocycles. The number of rotatable bonds is 24. The molecule has 19 nitrogen and oxygen atoms in total. The van der Waals surface area contributed by atoms with E-state index in [1.165, 1.54) is 68.0 Å². The number of aryl methyl sites for hydroxylation is 6. The third kappa shape index (κ3) is 13.8. The fourth-order valence-electron chi connectivity index (χ4n) is 19.2. The number of phosphoric acid groups is 1. The first kappa shape index (κ1) is 82.6. The summed E-state index contributed by atoms with van der Waals surface area (Å²) in [5.74, 6) is -1.45. The van der Waals surface area contributed by atoms with Gasteiger partial charge in [0.25, 0.3) is 0 Å². The number of fused-ring (bicyclic) bond motifs is 18. The minimum absolute atomic E-state index is 0.0163. The van der Waals surface area contributed by atoms with Crippen molar-refractivity contribution in [2.45, 2.75) is 135 Å². The summed E-state index contributed by atoms with van der Waals surface area (Å²) in [5.41, 5.74) is 13.9. The highest BCUT2D eigenvalue weighted by atomic mass is 35.5. The van der Waals surface area contributed by atoms with Crippen LogP contribution in [0.4, 0.5) is 34.1 Å². The van der Waals surface area contributed by atoms with Gasteiger partial charge in [-0.2, -0.15) is 4.57 Å². The van der Waals surface area contributed by atoms with E-state index >= 15 is 18.9 Å². The summed E-state index contributed by atoms with van der Waals surface area (Å²) in [6, 6.07) is 9.97. The third-order valence-electron chi connectivity index (χ3n) is 24.6. The Balaban J connectivity index is 0.682. The summed E-state index contributed by atoms with van der Waals surface area (Å²) < 4.78 is 42.7. The second kappa shape index (κ2) is 32.4. The largest absolute Gasteiger partial charge is 0.647 e. The van der Waals surface area contributed by atoms with Gasteiger partial charge in [-0.1, -0.05) is 0 Å². The Hall–Kier alpha value is -7.33. The molecule has 0 radical (unpaired) electrons. The lowest BCUT2D eigenvalue weighted by atomic mass is 9.97. The molecule has 3 N–H and O–H groups in total. The molecule has 620 valence electrons. The number of carbonyl (C=O) groups excluding carboxylic acids is 6. The molecule has 32 heteroatoms. The third-order valence-corrected chi connectivity index (χ3v) is 34.8. The highest BCUT2D eigenvalue weighted by molar-refractivity contribution is 7.50. The van der Waals surface area contributed by atoms with E-state index in [2.05, 4.69) is 0 Å². The number of carbonyl (C=O) groups is 6. The van der Waals surface area contributed by atoms with E-state index in [0.717, 1.165) is 113 Å². The van der Waals surface area contributed by atoms with Crippen molar-refractivity contribution in [3.63, 3.8) is 0 Å². The summed E-state index contributed by atoms with van der Waals surface area (Å²) in [5, 5.41) is 50.3. The molecule has 18 rings (SSSR count). The number of phenolic OH excluding ortho intramolecular Hbond substituents is 3. The molecule has 0 aliphatic carbocycles. The minimum Gasteiger partial charge on any atom is -0.506 e. The van der Waals surface area contributed by atoms with Crippen LogP contribution in [-0.4, -0.2) is 125 Å². The summed E-state index contributed by atoms with van der Waals surface area (Å²) in [4.78, 5) is 98.6. The van der Waals surface area contributed by atoms with E-state index in [0.29, 0.717) is 67.9 Å². The van der Waals surface area contributed by atoms with E-state index < -0.39 is 7.82 Å². The van der Waals surface area contributed by atoms with Crippen molar-refractivity contribution in [3.05, 3.63) is 135 Å². The number of benzene rings is 6. The number of amides is 6. The van der Waals surface area contributed by atoms with Crippen molar-refractivity contribution in [1.29, 1.82) is 0 Å². The molecule has 0 unspecified atom stereocenters. The average molecular weight is 1850 g/mol. The maximum atomic E-state index is 17.4. The van der Waals surface area contributed by atoms with Gasteiger partial charge in [-0.3, -0.25) is 28.8 Å². The Morgan fingerprint density at radius 2 is 0.496 bits per heavy atom. The van der Waals surface area contributed by atoms with Gasteiger partial charge in [-0.25, -0.2) is 0 Å². The second-order valence-electron chi connectivity index (χ2n) is 32.1. The highest BCUT2D eigenvalue weighted by Crippen LogP contribution is 2.62. The van der Waals surface area contributed by atoms with Gasteiger partial charge >= 0.3 is 7.82 Å². The van der Waals surface area contributed by atoms with Gasteiger partial charge in [0.15, 0.2) is 17.2 Å². The zero-order chi connectivity index (χ0) is 83.4. The normalized spacial score (nSPS) is 18.6. The predicted molar refractivity (Wildman–Crippen MR) is 490 cm³/mol. The number of phosphoric ester groups is 1. The van der Waals surface area contributed by atoms with Crippen LogP contribution in [0.2, 0.25) is 0 Å². The molecule has 6 aliphatic rings. The average Bonchev–Trinajstić information content (AvgIpc) is 1.48. The molecule has 0 fully saturated rings. The Labute approximate surface area is 739 Å². The maximum absolute atomic E-state index is 17.4. The van der Waals surface area contributed by atoms with E-state index in [1.54, 1.807) is 65.8 Å². The first-order valence-corrected chi connectivity index (χ1v) is 49.5. The number of thiophene rings is 6. The van der Waals surface area contributed by atoms with Gasteiger partial charge in [-0.15, -0.1) is 138 Å². The van der Waals surface area contributed by atoms with Crippen LogP contribution < -0.4 is 43.0 Å². The Morgan fingerprint density at radius 1 is 0.319 bits per heavy atom. The highest BCUT2D eigenvalue weighted by Gasteiger charge is 2.46. The molecular weight excluding hydrogens is 1770 g/mol. The quantitative estimate of drug-likeness (QED) is 0.0378. The van der Waals surface area contributed by atoms with Crippen LogP contribution in [0.15, 0.2) is 68.7 Å². The van der Waals surface area contributed by atoms with Gasteiger partial charge in [0.05, 0.1) is 62.3 Å². The maximum Gasteiger partial charge on any atom is 0.647 e. The number of hydrogen-bond acceptors (Lipinski definition) is 19. The fraction of sp³-hybridized carbons (Fsp3) is 0.379. The predicted octanol–water partition coefficient (Wildman–Crippen LogP) is 23.2. The van der Waals surface area contributed by atoms with Gasteiger partial charge in [0.1, 0.15) is 17.2 Å². The second-order valence-corrected chi connectivity index (χ2v) is 40.6. The van der Waals surface area contributed by atoms with Crippen molar-refractivity contribution in [2.75, 3.05) is 104 Å². The molecule has 12 aromatic rings. The lowest BCUT2D eigenvalue weighted by Gasteiger charge is -2.24. The Kier molecular flexibility index (Phi) is 22.5. The summed E-state index contributed by atoms with van der Waals surface area (Å²) >= 11 is 49.0. The molecule has 6 atom stereocenters. The van der Waals surface area contributed by atoms with Crippen molar-refractivity contribution in [3.8, 4) is 34.5 Å². The molecule has 6 aromatic heterocycles. The first-order chi connectivity index (χ1) is 57.3. The van der Waals surface area contributed by atoms with Crippen LogP contribution in [0, 0.1) is 41.5 Å². The number of aromatic hydroxyl groups is 3. The molecule has 6 amide bonds. The number of nitrogens with zero attached hydrogens (tertiary/aromatic N) is 6. The van der Waals surface area contributed by atoms with Gasteiger partial charge < -0.3 is 58.3 Å². The van der Waals surface area contributed by atoms with Crippen molar-refractivity contribution >= 4 is 276 Å². The van der Waals surface area contributed by atoms with E-state index in [4.69, 9.17) is 83.2 Å². The molecule has 12 heterocycles. The zero-order valence-corrected chi connectivity index (χ0v) is 75.8. The van der Waals surface area contributed by atoms with Crippen LogP contribution in [0.1, 0.15) is 160 Å². The molecule has 6 aromatic carbocycles. The first-order valence-electron chi connectivity index (χ1n) is 39.5. The van der Waals surface area contributed by atoms with Gasteiger partial charge in [-0.05, 0) is 160 Å². The van der Waals surface area contributed by atoms with Crippen LogP contribution in [0.25, 0.3) is 60.5 Å². The van der Waals surface area contributed by atoms with Crippen molar-refractivity contribution in [1.82, 2.24) is 0 Å². The van der Waals surface area contributed by atoms with Gasteiger partial charge in [0.2, 0.25) is 35.4 Å². The summed E-state index contributed by atoms with van der Waals surface area (Å²) in [7, 11) is -5.26. The molecule has 119 heavy (non-hydrogen) atoms. The molecule has 0 saturated heterocycles. The number of anilines is 6. The number of hydrogen-bond donors (Lipinski definition) is 3. The number of halogens is 6. The van der Waals surface area contributed by atoms with Crippen LogP contribution in [0.3, 0.4) is 0 Å². The minimum atomic E-state index is -5.26. The Morgan fingerprint density at radius 3 is 0.689 bits per heavy atom. The summed E-state index contributed by atoms with van der Waals surface area (Å²) in [6.45, 7) is 13.3. The topological polar surface area (TPSA) is 227 Å². The smallest absolute Gasteiger partial charge is 0.506 e. The molecule has 6 aliphatic heterocycles. The molecule has 0 bridgehead atoms. The van der Waals surface area contributed by atoms with E-state index in [-0.39, 0.29) is 218 Å². The number of phenols is 3. The van der Waals surface area contributed by atoms with E-state index in [1.807, 2.05) is 73.8 Å². The van der Waals surface area contributed by atoms with Crippen LogP contribution in [0.5, 0.6) is 34.5 Å². The lowest BCUT2D eigenvalue weighted by Crippen LogP contribution is -2.32. The van der Waals surface area contributed by atoms with Crippen molar-refractivity contribution in [2.24, 2.45) is 0 Å². The number of alkyl halides is 6. The SMILES string of the molecule is Cc1csc2c(O)cc3c(c12)[C@H](CCl)CN3C(=O)CCCC(=O)N1C[C@@H](CCl)c2c1cc(OP(=O)(Oc1cc3c(c4c(C)csc14)[C@H](CCl)CN3C(=O)CCCC(=O)N1C[C@@H](CCl)c3c1cc(O)c1scc(C)c31)Oc1cc3c(c4c(C)csc14)[C@H](CCl)CN3C(=O)CCCC(=O)N1C[C@@H](CCl)c3c1cc(O)c1scc(C)c31)c1scc(C)c21. The Bertz CT molecular complexity index is 5760. The standard InChI is InChI=1S/C87H81Cl6N6O13PS6/c1-40-34-114-82-58(100)16-52-76(70(40)82)46(22-88)28-94(52)64(103)10-7-13-67(106)97-31-49(25-91)79-55(97)19-61(85-73(79)43(4)37-117-85)110-113(109,111-62-20-56-80(74-44(5)38-118-86(62)74)50(26-92)32-98(56)68(107)14-8-11-65(104)95-29-47(23-89)77-53(95)17-59(101)83-71(77)41(2)35-115-83)112-63-21-57-81(75-45(6)39-119-87(63)75)51(27-93)33-99(57)69(108)15-9-12-66(105)96-30-48(24-90)78-54(96)18-60(102)84-72(78)42(3)36-116-84/h16-21,34-39,46-51,100-102H,7-15,22-33H2,1-6H3/t46-,47-,48-,49-,50-,51-/m1/s1. The lowest BCUT2D eigenvalue weighted by molar-refractivity contribution is -0.121. The van der Waals surface area contributed by atoms with Crippen LogP contribution >= 0.6 is 145 Å². The molecular formula is C87H81Cl6N6O13PS6. The van der Waals surface area contributed by atoms with E-state index in [9.17, 15) is 29.7 Å². The fourth-order valence-corrected chi connectivity index (χ4v) is 28.2. The summed E-state index contributed by atoms with van der Waals surface area (Å²) in [6.07, 6.45) is 0.481. The monoisotopic (exact) mass is 1850 g/mol. The van der Waals surface area contributed by atoms with Gasteiger partial charge in [0, 0.05) is 217 Å². The van der Waals surface area contributed by atoms with Crippen molar-refractivity contribution < 1.29 is 62.2 Å². The molecule has 0 spiro atoms. The zero-order valence-electron chi connectivity index (χ0n) is 65.5. The van der Waals surface area contributed by atoms with Crippen LogP contribution in [-0.2, 0) is 33.3 Å².